The van der Waals surface area contributed by atoms with E-state index in [1.165, 1.54) is 19.3 Å². The number of carbonyl (C=O) groups is 1. The lowest BCUT2D eigenvalue weighted by atomic mass is 9.43. The number of cyclic esters (lactones) is 1. The highest BCUT2D eigenvalue weighted by atomic mass is 16.7. The maximum Gasteiger partial charge on any atom is 0.331 e. The predicted octanol–water partition coefficient (Wildman–Crippen LogP) is 5.89. The fourth-order valence-corrected chi connectivity index (χ4v) is 10.2. The van der Waals surface area contributed by atoms with Crippen LogP contribution in [0.2, 0.25) is 0 Å². The molecule has 4 saturated carbocycles. The number of carbonyl (C=O) groups excluding carboxylic acids is 1. The van der Waals surface area contributed by atoms with E-state index in [1.807, 2.05) is 0 Å². The van der Waals surface area contributed by atoms with Gasteiger partial charge in [0.2, 0.25) is 0 Å². The van der Waals surface area contributed by atoms with Gasteiger partial charge in [-0.15, -0.1) is 0 Å². The maximum atomic E-state index is 12.4. The third-order valence-electron chi connectivity index (χ3n) is 12.9. The third-order valence-corrected chi connectivity index (χ3v) is 12.9. The second-order valence-electron chi connectivity index (χ2n) is 14.2. The van der Waals surface area contributed by atoms with E-state index in [-0.39, 0.29) is 29.0 Å². The molecule has 1 N–H and O–H groups in total. The van der Waals surface area contributed by atoms with Crippen LogP contribution in [0.15, 0.2) is 11.6 Å². The van der Waals surface area contributed by atoms with Gasteiger partial charge >= 0.3 is 5.97 Å². The summed E-state index contributed by atoms with van der Waals surface area (Å²) >= 11 is 0. The average Bonchev–Trinajstić information content (AvgIpc) is 3.39. The zero-order valence-electron chi connectivity index (χ0n) is 23.1. The summed E-state index contributed by atoms with van der Waals surface area (Å²) in [6.45, 7) is 13.0. The number of ether oxygens (including phenoxy) is 3. The fraction of sp³-hybridized carbons (Fsp3) is 0.903. The number of fused-ring (bicyclic) bond motifs is 5. The largest absolute Gasteiger partial charge is 0.458 e. The van der Waals surface area contributed by atoms with Gasteiger partial charge in [0.15, 0.2) is 6.29 Å². The van der Waals surface area contributed by atoms with Gasteiger partial charge in [0.25, 0.3) is 0 Å². The zero-order chi connectivity index (χ0) is 25.5. The lowest BCUT2D eigenvalue weighted by Crippen LogP contribution is -2.62. The Morgan fingerprint density at radius 1 is 0.972 bits per heavy atom. The molecular formula is C31H48O5. The van der Waals surface area contributed by atoms with Crippen LogP contribution >= 0.6 is 0 Å². The summed E-state index contributed by atoms with van der Waals surface area (Å²) in [6.07, 6.45) is 11.8. The van der Waals surface area contributed by atoms with Crippen molar-refractivity contribution in [1.82, 2.24) is 0 Å². The standard InChI is InChI=1S/C31H48O5/c1-18-16-35-28(20(3)19(18)2)36-23-8-11-29(4)22(15-23)6-7-26-25(29)9-12-30(5)24(10-13-31(26,30)33)21-14-27(32)34-17-21/h14,18-20,22-26,28,33H,6-13,15-17H2,1-5H3/t18-,19?,20-,22?,23-,24+,25?,26?,28+,29-,30+,31-/m0/s1. The van der Waals surface area contributed by atoms with Crippen molar-refractivity contribution < 1.29 is 24.1 Å². The molecule has 12 atom stereocenters. The van der Waals surface area contributed by atoms with Gasteiger partial charge in [0.05, 0.1) is 18.3 Å². The van der Waals surface area contributed by atoms with E-state index in [2.05, 4.69) is 34.6 Å². The van der Waals surface area contributed by atoms with Crippen LogP contribution in [-0.4, -0.2) is 42.3 Å². The first-order valence-corrected chi connectivity index (χ1v) is 14.9. The molecule has 0 bridgehead atoms. The molecule has 1 saturated heterocycles. The van der Waals surface area contributed by atoms with Crippen LogP contribution < -0.4 is 0 Å². The van der Waals surface area contributed by atoms with Crippen LogP contribution in [0, 0.1) is 52.3 Å². The molecule has 5 nitrogen and oxygen atoms in total. The quantitative estimate of drug-likeness (QED) is 0.386. The molecule has 0 radical (unpaired) electrons. The van der Waals surface area contributed by atoms with Crippen LogP contribution in [-0.2, 0) is 19.0 Å². The van der Waals surface area contributed by atoms with Gasteiger partial charge in [0.1, 0.15) is 6.61 Å². The molecule has 4 unspecified atom stereocenters. The number of hydrogen-bond acceptors (Lipinski definition) is 5. The molecule has 2 heterocycles. The summed E-state index contributed by atoms with van der Waals surface area (Å²) in [5.74, 6) is 3.34. The van der Waals surface area contributed by atoms with E-state index in [0.29, 0.717) is 48.2 Å². The van der Waals surface area contributed by atoms with Crippen molar-refractivity contribution in [3.8, 4) is 0 Å². The summed E-state index contributed by atoms with van der Waals surface area (Å²) in [7, 11) is 0. The first-order chi connectivity index (χ1) is 17.1. The van der Waals surface area contributed by atoms with Crippen molar-refractivity contribution >= 4 is 5.97 Å². The van der Waals surface area contributed by atoms with Crippen LogP contribution in [0.25, 0.3) is 0 Å². The van der Waals surface area contributed by atoms with Crippen molar-refractivity contribution in [3.63, 3.8) is 0 Å². The molecule has 5 heteroatoms. The SMILES string of the molecule is CC1[C@@H](C)CO[C@H](O[C@H]2CC[C@@]3(C)C(CCC4C3CC[C@]3(C)[C@@H](C5=CC(=O)OC5)CC[C@]43O)C2)[C@H]1C. The molecule has 0 aromatic heterocycles. The van der Waals surface area contributed by atoms with E-state index < -0.39 is 5.60 Å². The molecule has 2 aliphatic heterocycles. The Bertz CT molecular complexity index is 915. The van der Waals surface area contributed by atoms with E-state index >= 15 is 0 Å². The lowest BCUT2D eigenvalue weighted by Gasteiger charge is -2.64. The van der Waals surface area contributed by atoms with Gasteiger partial charge in [-0.05, 0) is 104 Å². The summed E-state index contributed by atoms with van der Waals surface area (Å²) in [5, 5.41) is 12.4. The first kappa shape index (κ1) is 25.4. The van der Waals surface area contributed by atoms with Crippen molar-refractivity contribution in [2.24, 2.45) is 52.3 Å². The zero-order valence-corrected chi connectivity index (χ0v) is 23.1. The molecule has 6 rings (SSSR count). The molecule has 202 valence electrons. The van der Waals surface area contributed by atoms with Crippen LogP contribution in [0.1, 0.15) is 92.4 Å². The Kier molecular flexibility index (Phi) is 6.21. The minimum Gasteiger partial charge on any atom is -0.458 e. The highest BCUT2D eigenvalue weighted by Crippen LogP contribution is 2.70. The molecule has 0 aromatic rings. The normalized spacial score (nSPS) is 54.8. The molecule has 0 spiro atoms. The number of rotatable bonds is 3. The average molecular weight is 501 g/mol. The Morgan fingerprint density at radius 2 is 1.78 bits per heavy atom. The topological polar surface area (TPSA) is 65.0 Å². The van der Waals surface area contributed by atoms with Crippen molar-refractivity contribution in [1.29, 1.82) is 0 Å². The van der Waals surface area contributed by atoms with Gasteiger partial charge in [-0.25, -0.2) is 4.79 Å². The Hall–Kier alpha value is -0.910. The van der Waals surface area contributed by atoms with Crippen molar-refractivity contribution in [2.45, 2.75) is 110 Å². The number of aliphatic hydroxyl groups is 1. The smallest absolute Gasteiger partial charge is 0.331 e. The van der Waals surface area contributed by atoms with E-state index in [9.17, 15) is 9.90 Å². The van der Waals surface area contributed by atoms with Gasteiger partial charge < -0.3 is 19.3 Å². The number of hydrogen-bond donors (Lipinski definition) is 1. The highest BCUT2D eigenvalue weighted by molar-refractivity contribution is 5.85. The van der Waals surface area contributed by atoms with Gasteiger partial charge in [0, 0.05) is 17.4 Å². The van der Waals surface area contributed by atoms with Crippen molar-refractivity contribution in [3.05, 3.63) is 11.6 Å². The third kappa shape index (κ3) is 3.61. The second-order valence-corrected chi connectivity index (χ2v) is 14.2. The number of esters is 1. The Balaban J connectivity index is 1.16. The summed E-state index contributed by atoms with van der Waals surface area (Å²) in [5.41, 5.74) is 0.619. The minimum absolute atomic E-state index is 0.0610. The molecular weight excluding hydrogens is 452 g/mol. The molecule has 6 aliphatic rings. The van der Waals surface area contributed by atoms with Crippen LogP contribution in [0.4, 0.5) is 0 Å². The molecule has 0 amide bonds. The van der Waals surface area contributed by atoms with Gasteiger partial charge in [-0.3, -0.25) is 0 Å². The van der Waals surface area contributed by atoms with Gasteiger partial charge in [-0.2, -0.15) is 0 Å². The Labute approximate surface area is 217 Å². The lowest BCUT2D eigenvalue weighted by molar-refractivity contribution is -0.254. The maximum absolute atomic E-state index is 12.4. The minimum atomic E-state index is -0.632. The second kappa shape index (κ2) is 8.81. The molecule has 4 aliphatic carbocycles. The molecule has 36 heavy (non-hydrogen) atoms. The van der Waals surface area contributed by atoms with E-state index in [1.54, 1.807) is 6.08 Å². The summed E-state index contributed by atoms with van der Waals surface area (Å²) in [4.78, 5) is 11.8. The van der Waals surface area contributed by atoms with E-state index in [4.69, 9.17) is 14.2 Å². The van der Waals surface area contributed by atoms with Gasteiger partial charge in [-0.1, -0.05) is 34.6 Å². The van der Waals surface area contributed by atoms with Crippen molar-refractivity contribution in [2.75, 3.05) is 13.2 Å². The van der Waals surface area contributed by atoms with Crippen LogP contribution in [0.3, 0.4) is 0 Å². The summed E-state index contributed by atoms with van der Waals surface area (Å²) < 4.78 is 18.1. The van der Waals surface area contributed by atoms with Crippen LogP contribution in [0.5, 0.6) is 0 Å². The van der Waals surface area contributed by atoms with E-state index in [0.717, 1.165) is 50.7 Å². The Morgan fingerprint density at radius 3 is 2.53 bits per heavy atom. The molecule has 5 fully saturated rings. The highest BCUT2D eigenvalue weighted by Gasteiger charge is 2.67. The monoisotopic (exact) mass is 500 g/mol. The first-order valence-electron chi connectivity index (χ1n) is 14.9. The predicted molar refractivity (Wildman–Crippen MR) is 138 cm³/mol. The molecule has 0 aromatic carbocycles. The summed E-state index contributed by atoms with van der Waals surface area (Å²) in [6, 6.07) is 0. The fourth-order valence-electron chi connectivity index (χ4n) is 10.2.